The molecule has 1 saturated carbocycles. The molecular formula is C8H13ClO. The Morgan fingerprint density at radius 3 is 2.90 bits per heavy atom. The monoisotopic (exact) mass is 160 g/mol. The molecule has 1 aliphatic rings. The van der Waals surface area contributed by atoms with Crippen molar-refractivity contribution in [3.63, 3.8) is 0 Å². The molecule has 0 aliphatic heterocycles. The highest BCUT2D eigenvalue weighted by Crippen LogP contribution is 2.27. The fourth-order valence-corrected chi connectivity index (χ4v) is 1.84. The zero-order chi connectivity index (χ0) is 7.56. The van der Waals surface area contributed by atoms with Crippen molar-refractivity contribution in [1.82, 2.24) is 0 Å². The molecule has 58 valence electrons. The van der Waals surface area contributed by atoms with E-state index in [0.29, 0.717) is 29.9 Å². The van der Waals surface area contributed by atoms with Crippen LogP contribution in [0.15, 0.2) is 0 Å². The van der Waals surface area contributed by atoms with Crippen molar-refractivity contribution in [3.05, 3.63) is 0 Å². The van der Waals surface area contributed by atoms with Crippen molar-refractivity contribution in [1.29, 1.82) is 0 Å². The highest BCUT2D eigenvalue weighted by molar-refractivity contribution is 6.18. The number of ketones is 1. The summed E-state index contributed by atoms with van der Waals surface area (Å²) in [5, 5.41) is 0. The van der Waals surface area contributed by atoms with E-state index in [-0.39, 0.29) is 0 Å². The Labute approximate surface area is 66.8 Å². The standard InChI is InChI=1S/C8H13ClO/c1-6-2-3-8(10)4-7(6)5-9/h6-7H,2-5H2,1H3. The molecule has 1 fully saturated rings. The molecular weight excluding hydrogens is 148 g/mol. The Morgan fingerprint density at radius 1 is 1.70 bits per heavy atom. The topological polar surface area (TPSA) is 17.1 Å². The predicted octanol–water partition coefficient (Wildman–Crippen LogP) is 2.23. The Bertz CT molecular complexity index is 133. The van der Waals surface area contributed by atoms with Gasteiger partial charge >= 0.3 is 0 Å². The maximum absolute atomic E-state index is 10.9. The van der Waals surface area contributed by atoms with E-state index in [4.69, 9.17) is 11.6 Å². The fraction of sp³-hybridized carbons (Fsp3) is 0.875. The third-order valence-corrected chi connectivity index (χ3v) is 2.77. The lowest BCUT2D eigenvalue weighted by Gasteiger charge is -2.25. The third kappa shape index (κ3) is 1.72. The van der Waals surface area contributed by atoms with Gasteiger partial charge in [-0.05, 0) is 18.3 Å². The van der Waals surface area contributed by atoms with Crippen LogP contribution in [0.25, 0.3) is 0 Å². The van der Waals surface area contributed by atoms with Gasteiger partial charge in [-0.25, -0.2) is 0 Å². The quantitative estimate of drug-likeness (QED) is 0.538. The number of carbonyl (C=O) groups is 1. The number of alkyl halides is 1. The highest BCUT2D eigenvalue weighted by atomic mass is 35.5. The lowest BCUT2D eigenvalue weighted by atomic mass is 9.81. The zero-order valence-electron chi connectivity index (χ0n) is 6.27. The summed E-state index contributed by atoms with van der Waals surface area (Å²) < 4.78 is 0. The average Bonchev–Trinajstić information content (AvgIpc) is 1.94. The van der Waals surface area contributed by atoms with E-state index in [1.54, 1.807) is 0 Å². The number of hydrogen-bond acceptors (Lipinski definition) is 1. The molecule has 0 aromatic heterocycles. The number of hydrogen-bond donors (Lipinski definition) is 0. The van der Waals surface area contributed by atoms with E-state index in [1.165, 1.54) is 0 Å². The summed E-state index contributed by atoms with van der Waals surface area (Å²) in [5.74, 6) is 2.13. The third-order valence-electron chi connectivity index (χ3n) is 2.37. The molecule has 2 unspecified atom stereocenters. The molecule has 0 spiro atoms. The number of Topliss-reactive ketones (excluding diaryl/α,β-unsaturated/α-hetero) is 1. The number of carbonyl (C=O) groups excluding carboxylic acids is 1. The van der Waals surface area contributed by atoms with E-state index in [0.717, 1.165) is 12.8 Å². The fourth-order valence-electron chi connectivity index (χ4n) is 1.43. The van der Waals surface area contributed by atoms with E-state index in [9.17, 15) is 4.79 Å². The van der Waals surface area contributed by atoms with Crippen LogP contribution in [0.4, 0.5) is 0 Å². The normalized spacial score (nSPS) is 34.4. The second kappa shape index (κ2) is 3.38. The first-order valence-corrected chi connectivity index (χ1v) is 4.35. The second-order valence-corrected chi connectivity index (χ2v) is 3.48. The van der Waals surface area contributed by atoms with E-state index >= 15 is 0 Å². The van der Waals surface area contributed by atoms with Crippen LogP contribution in [-0.2, 0) is 4.79 Å². The first-order chi connectivity index (χ1) is 4.74. The summed E-state index contributed by atoms with van der Waals surface area (Å²) in [6, 6.07) is 0. The number of halogens is 1. The minimum absolute atomic E-state index is 0.392. The van der Waals surface area contributed by atoms with Crippen LogP contribution < -0.4 is 0 Å². The van der Waals surface area contributed by atoms with Gasteiger partial charge in [0.25, 0.3) is 0 Å². The molecule has 10 heavy (non-hydrogen) atoms. The minimum Gasteiger partial charge on any atom is -0.300 e. The van der Waals surface area contributed by atoms with Gasteiger partial charge in [-0.1, -0.05) is 6.92 Å². The van der Waals surface area contributed by atoms with Crippen LogP contribution in [0.1, 0.15) is 26.2 Å². The highest BCUT2D eigenvalue weighted by Gasteiger charge is 2.24. The Balaban J connectivity index is 2.45. The van der Waals surface area contributed by atoms with Gasteiger partial charge in [0, 0.05) is 18.7 Å². The first kappa shape index (κ1) is 8.06. The molecule has 2 heteroatoms. The van der Waals surface area contributed by atoms with Gasteiger partial charge in [-0.3, -0.25) is 4.79 Å². The lowest BCUT2D eigenvalue weighted by molar-refractivity contribution is -0.122. The predicted molar refractivity (Wildman–Crippen MR) is 42.2 cm³/mol. The summed E-state index contributed by atoms with van der Waals surface area (Å²) in [5.41, 5.74) is 0. The molecule has 0 saturated heterocycles. The Morgan fingerprint density at radius 2 is 2.40 bits per heavy atom. The Hall–Kier alpha value is -0.0400. The first-order valence-electron chi connectivity index (χ1n) is 3.81. The summed E-state index contributed by atoms with van der Waals surface area (Å²) >= 11 is 5.69. The maximum Gasteiger partial charge on any atom is 0.133 e. The molecule has 1 aliphatic carbocycles. The summed E-state index contributed by atoms with van der Waals surface area (Å²) in [4.78, 5) is 10.9. The average molecular weight is 161 g/mol. The number of rotatable bonds is 1. The molecule has 0 amide bonds. The molecule has 1 nitrogen and oxygen atoms in total. The van der Waals surface area contributed by atoms with Crippen LogP contribution in [-0.4, -0.2) is 11.7 Å². The van der Waals surface area contributed by atoms with Crippen LogP contribution in [0.5, 0.6) is 0 Å². The van der Waals surface area contributed by atoms with Crippen LogP contribution in [0.2, 0.25) is 0 Å². The largest absolute Gasteiger partial charge is 0.300 e. The molecule has 1 rings (SSSR count). The molecule has 0 N–H and O–H groups in total. The zero-order valence-corrected chi connectivity index (χ0v) is 7.03. The van der Waals surface area contributed by atoms with Crippen LogP contribution in [0.3, 0.4) is 0 Å². The maximum atomic E-state index is 10.9. The molecule has 0 bridgehead atoms. The van der Waals surface area contributed by atoms with Crippen molar-refractivity contribution >= 4 is 17.4 Å². The van der Waals surface area contributed by atoms with Crippen molar-refractivity contribution in [3.8, 4) is 0 Å². The second-order valence-electron chi connectivity index (χ2n) is 3.17. The molecule has 0 aromatic rings. The summed E-state index contributed by atoms with van der Waals surface area (Å²) in [6.07, 6.45) is 2.52. The van der Waals surface area contributed by atoms with Gasteiger partial charge in [0.15, 0.2) is 0 Å². The van der Waals surface area contributed by atoms with E-state index < -0.39 is 0 Å². The van der Waals surface area contributed by atoms with Crippen LogP contribution in [0, 0.1) is 11.8 Å². The smallest absolute Gasteiger partial charge is 0.133 e. The van der Waals surface area contributed by atoms with Gasteiger partial charge < -0.3 is 0 Å². The van der Waals surface area contributed by atoms with Crippen molar-refractivity contribution in [2.75, 3.05) is 5.88 Å². The molecule has 0 radical (unpaired) electrons. The SMILES string of the molecule is CC1CCC(=O)CC1CCl. The van der Waals surface area contributed by atoms with Gasteiger partial charge in [0.1, 0.15) is 5.78 Å². The minimum atomic E-state index is 0.392. The molecule has 0 aromatic carbocycles. The van der Waals surface area contributed by atoms with E-state index in [2.05, 4.69) is 6.92 Å². The van der Waals surface area contributed by atoms with E-state index in [1.807, 2.05) is 0 Å². The molecule has 2 atom stereocenters. The van der Waals surface area contributed by atoms with Gasteiger partial charge in [0.2, 0.25) is 0 Å². The van der Waals surface area contributed by atoms with Gasteiger partial charge in [0.05, 0.1) is 0 Å². The van der Waals surface area contributed by atoms with Gasteiger partial charge in [-0.15, -0.1) is 11.6 Å². The molecule has 0 heterocycles. The lowest BCUT2D eigenvalue weighted by Crippen LogP contribution is -2.23. The van der Waals surface area contributed by atoms with Crippen molar-refractivity contribution < 1.29 is 4.79 Å². The Kier molecular flexibility index (Phi) is 2.72. The summed E-state index contributed by atoms with van der Waals surface area (Å²) in [7, 11) is 0. The van der Waals surface area contributed by atoms with Crippen molar-refractivity contribution in [2.45, 2.75) is 26.2 Å². The van der Waals surface area contributed by atoms with Crippen molar-refractivity contribution in [2.24, 2.45) is 11.8 Å². The van der Waals surface area contributed by atoms with Gasteiger partial charge in [-0.2, -0.15) is 0 Å². The van der Waals surface area contributed by atoms with Crippen LogP contribution >= 0.6 is 11.6 Å². The summed E-state index contributed by atoms with van der Waals surface area (Å²) in [6.45, 7) is 2.18.